The number of hydrogen-bond donors (Lipinski definition) is 1. The van der Waals surface area contributed by atoms with Crippen molar-refractivity contribution in [2.45, 2.75) is 44.7 Å². The molecule has 0 bridgehead atoms. The van der Waals surface area contributed by atoms with Gasteiger partial charge in [0, 0.05) is 29.4 Å². The average Bonchev–Trinajstić information content (AvgIpc) is 2.85. The number of rotatable bonds is 11. The van der Waals surface area contributed by atoms with Gasteiger partial charge in [-0.2, -0.15) is 0 Å². The van der Waals surface area contributed by atoms with Crippen molar-refractivity contribution in [1.29, 1.82) is 0 Å². The van der Waals surface area contributed by atoms with Gasteiger partial charge in [0.2, 0.25) is 11.8 Å². The molecule has 1 atom stereocenters. The quantitative estimate of drug-likeness (QED) is 0.316. The summed E-state index contributed by atoms with van der Waals surface area (Å²) in [6, 6.07) is 24.8. The lowest BCUT2D eigenvalue weighted by Crippen LogP contribution is -2.51. The van der Waals surface area contributed by atoms with Gasteiger partial charge in [-0.3, -0.25) is 9.59 Å². The molecule has 0 aliphatic carbocycles. The van der Waals surface area contributed by atoms with Crippen LogP contribution in [-0.4, -0.2) is 35.1 Å². The van der Waals surface area contributed by atoms with E-state index in [9.17, 15) is 9.59 Å². The van der Waals surface area contributed by atoms with E-state index in [1.54, 1.807) is 4.90 Å². The lowest BCUT2D eigenvalue weighted by molar-refractivity contribution is -0.139. The predicted octanol–water partition coefficient (Wildman–Crippen LogP) is 6.15. The average molecular weight is 509 g/mol. The lowest BCUT2D eigenvalue weighted by Gasteiger charge is -2.32. The maximum Gasteiger partial charge on any atom is 0.243 e. The first kappa shape index (κ1) is 26.8. The van der Waals surface area contributed by atoms with Gasteiger partial charge in [0.05, 0.1) is 5.75 Å². The molecule has 0 saturated heterocycles. The number of thioether (sulfide) groups is 1. The van der Waals surface area contributed by atoms with Crippen molar-refractivity contribution in [2.24, 2.45) is 5.92 Å². The van der Waals surface area contributed by atoms with Crippen molar-refractivity contribution >= 4 is 35.2 Å². The highest BCUT2D eigenvalue weighted by Crippen LogP contribution is 2.23. The summed E-state index contributed by atoms with van der Waals surface area (Å²) in [6.07, 6.45) is 0.452. The van der Waals surface area contributed by atoms with Gasteiger partial charge >= 0.3 is 0 Å². The number of nitrogens with one attached hydrogen (secondary N) is 1. The first-order valence-corrected chi connectivity index (χ1v) is 13.2. The number of carbonyl (C=O) groups is 2. The summed E-state index contributed by atoms with van der Waals surface area (Å²) in [5.41, 5.74) is 3.14. The Labute approximate surface area is 218 Å². The largest absolute Gasteiger partial charge is 0.354 e. The second-order valence-electron chi connectivity index (χ2n) is 9.10. The molecule has 0 spiro atoms. The third-order valence-electron chi connectivity index (χ3n) is 5.57. The molecule has 0 fully saturated rings. The summed E-state index contributed by atoms with van der Waals surface area (Å²) in [6.45, 7) is 7.09. The maximum absolute atomic E-state index is 13.6. The van der Waals surface area contributed by atoms with Crippen molar-refractivity contribution < 1.29 is 9.59 Å². The minimum absolute atomic E-state index is 0.0768. The van der Waals surface area contributed by atoms with Gasteiger partial charge in [0.25, 0.3) is 0 Å². The second kappa shape index (κ2) is 13.4. The van der Waals surface area contributed by atoms with Crippen LogP contribution in [0, 0.1) is 12.8 Å². The van der Waals surface area contributed by atoms with E-state index in [1.807, 2.05) is 79.7 Å². The van der Waals surface area contributed by atoms with Crippen LogP contribution in [0.25, 0.3) is 0 Å². The molecule has 0 aromatic heterocycles. The van der Waals surface area contributed by atoms with Gasteiger partial charge in [-0.1, -0.05) is 85.6 Å². The van der Waals surface area contributed by atoms with E-state index in [1.165, 1.54) is 11.8 Å². The number of benzene rings is 3. The van der Waals surface area contributed by atoms with Crippen molar-refractivity contribution in [3.8, 4) is 0 Å². The molecule has 0 heterocycles. The molecule has 1 unspecified atom stereocenters. The molecule has 1 N–H and O–H groups in total. The second-order valence-corrected chi connectivity index (χ2v) is 10.6. The zero-order valence-corrected chi connectivity index (χ0v) is 22.1. The fourth-order valence-electron chi connectivity index (χ4n) is 3.74. The number of amides is 2. The molecule has 0 radical (unpaired) electrons. The fraction of sp³-hybridized carbons (Fsp3) is 0.310. The van der Waals surface area contributed by atoms with Crippen LogP contribution in [0.4, 0.5) is 0 Å². The summed E-state index contributed by atoms with van der Waals surface area (Å²) >= 11 is 7.46. The van der Waals surface area contributed by atoms with E-state index < -0.39 is 6.04 Å². The molecular formula is C29H33ClN2O2S. The molecule has 6 heteroatoms. The molecule has 184 valence electrons. The maximum atomic E-state index is 13.6. The molecule has 0 aliphatic heterocycles. The van der Waals surface area contributed by atoms with E-state index in [-0.39, 0.29) is 17.6 Å². The Morgan fingerprint density at radius 2 is 1.63 bits per heavy atom. The monoisotopic (exact) mass is 508 g/mol. The van der Waals surface area contributed by atoms with Gasteiger partial charge in [0.15, 0.2) is 0 Å². The molecule has 0 aliphatic rings. The zero-order chi connectivity index (χ0) is 25.2. The van der Waals surface area contributed by atoms with Crippen molar-refractivity contribution in [3.05, 3.63) is 101 Å². The van der Waals surface area contributed by atoms with E-state index in [2.05, 4.69) is 25.2 Å². The SMILES string of the molecule is Cc1cccc(CN(C(=O)CSc2ccc(Cl)cc2)C(Cc2ccccc2)C(=O)NCC(C)C)c1. The third kappa shape index (κ3) is 8.75. The highest BCUT2D eigenvalue weighted by atomic mass is 35.5. The minimum Gasteiger partial charge on any atom is -0.354 e. The van der Waals surface area contributed by atoms with Crippen LogP contribution < -0.4 is 5.32 Å². The van der Waals surface area contributed by atoms with Crippen LogP contribution in [0.5, 0.6) is 0 Å². The highest BCUT2D eigenvalue weighted by molar-refractivity contribution is 8.00. The van der Waals surface area contributed by atoms with E-state index in [4.69, 9.17) is 11.6 Å². The Morgan fingerprint density at radius 3 is 2.29 bits per heavy atom. The van der Waals surface area contributed by atoms with Gasteiger partial charge < -0.3 is 10.2 Å². The van der Waals surface area contributed by atoms with Crippen LogP contribution in [0.15, 0.2) is 83.8 Å². The van der Waals surface area contributed by atoms with Crippen molar-refractivity contribution in [3.63, 3.8) is 0 Å². The fourth-order valence-corrected chi connectivity index (χ4v) is 4.65. The molecule has 2 amide bonds. The predicted molar refractivity (Wildman–Crippen MR) is 146 cm³/mol. The van der Waals surface area contributed by atoms with Crippen LogP contribution in [0.2, 0.25) is 5.02 Å². The molecule has 35 heavy (non-hydrogen) atoms. The third-order valence-corrected chi connectivity index (χ3v) is 6.82. The molecule has 3 aromatic rings. The molecule has 4 nitrogen and oxygen atoms in total. The first-order valence-electron chi connectivity index (χ1n) is 11.9. The molecular weight excluding hydrogens is 476 g/mol. The Kier molecular flexibility index (Phi) is 10.2. The minimum atomic E-state index is -0.616. The summed E-state index contributed by atoms with van der Waals surface area (Å²) in [5.74, 6) is 0.348. The molecule has 3 aromatic carbocycles. The van der Waals surface area contributed by atoms with Gasteiger partial charge in [-0.05, 0) is 48.2 Å². The molecule has 0 saturated carbocycles. The molecule has 3 rings (SSSR count). The highest BCUT2D eigenvalue weighted by Gasteiger charge is 2.30. The van der Waals surface area contributed by atoms with Crippen LogP contribution in [0.1, 0.15) is 30.5 Å². The van der Waals surface area contributed by atoms with Crippen LogP contribution in [0.3, 0.4) is 0 Å². The summed E-state index contributed by atoms with van der Waals surface area (Å²) in [7, 11) is 0. The number of halogens is 1. The van der Waals surface area contributed by atoms with Gasteiger partial charge in [-0.25, -0.2) is 0 Å². The summed E-state index contributed by atoms with van der Waals surface area (Å²) < 4.78 is 0. The number of nitrogens with zero attached hydrogens (tertiary/aromatic N) is 1. The number of carbonyl (C=O) groups excluding carboxylic acids is 2. The standard InChI is InChI=1S/C29H33ClN2O2S/c1-21(2)18-31-29(34)27(17-23-9-5-4-6-10-23)32(19-24-11-7-8-22(3)16-24)28(33)20-35-26-14-12-25(30)13-15-26/h4-16,21,27H,17-20H2,1-3H3,(H,31,34). The van der Waals surface area contributed by atoms with Gasteiger partial charge in [-0.15, -0.1) is 11.8 Å². The van der Waals surface area contributed by atoms with Crippen molar-refractivity contribution in [2.75, 3.05) is 12.3 Å². The summed E-state index contributed by atoms with van der Waals surface area (Å²) in [4.78, 5) is 29.8. The Balaban J connectivity index is 1.89. The summed E-state index contributed by atoms with van der Waals surface area (Å²) in [5, 5.41) is 3.72. The zero-order valence-electron chi connectivity index (χ0n) is 20.5. The Bertz CT molecular complexity index is 1100. The lowest BCUT2D eigenvalue weighted by atomic mass is 10.0. The van der Waals surface area contributed by atoms with E-state index in [0.717, 1.165) is 21.6 Å². The van der Waals surface area contributed by atoms with Crippen LogP contribution >= 0.6 is 23.4 Å². The normalized spacial score (nSPS) is 11.8. The van der Waals surface area contributed by atoms with Crippen molar-refractivity contribution in [1.82, 2.24) is 10.2 Å². The number of aryl methyl sites for hydroxylation is 1. The smallest absolute Gasteiger partial charge is 0.243 e. The van der Waals surface area contributed by atoms with E-state index >= 15 is 0 Å². The van der Waals surface area contributed by atoms with Gasteiger partial charge in [0.1, 0.15) is 6.04 Å². The number of hydrogen-bond acceptors (Lipinski definition) is 3. The van der Waals surface area contributed by atoms with E-state index in [0.29, 0.717) is 30.5 Å². The first-order chi connectivity index (χ1) is 16.8. The Hall–Kier alpha value is -2.76. The Morgan fingerprint density at radius 1 is 0.943 bits per heavy atom. The van der Waals surface area contributed by atoms with Crippen LogP contribution in [-0.2, 0) is 22.6 Å². The topological polar surface area (TPSA) is 49.4 Å².